The molecule has 216 valence electrons. The summed E-state index contributed by atoms with van der Waals surface area (Å²) in [4.78, 5) is 60.3. The number of benzene rings is 2. The van der Waals surface area contributed by atoms with Crippen molar-refractivity contribution in [2.45, 2.75) is 84.0 Å². The maximum Gasteiger partial charge on any atom is 0.336 e. The molecule has 0 radical (unpaired) electrons. The summed E-state index contributed by atoms with van der Waals surface area (Å²) in [6.45, 7) is 2.58. The number of nitrogens with one attached hydrogen (secondary N) is 1. The number of unbranched alkanes of at least 4 members (excludes halogenated alkanes) is 11. The van der Waals surface area contributed by atoms with Crippen LogP contribution in [0.4, 0.5) is 0 Å². The number of carboxylic acid groups (broad SMARTS) is 3. The van der Waals surface area contributed by atoms with Crippen LogP contribution < -0.4 is 5.32 Å². The quantitative estimate of drug-likeness (QED) is 0.114. The zero-order valence-corrected chi connectivity index (χ0v) is 23.0. The zero-order valence-electron chi connectivity index (χ0n) is 23.0. The van der Waals surface area contributed by atoms with Crippen LogP contribution in [0, 0.1) is 0 Å². The Hall–Kier alpha value is -4.01. The third kappa shape index (κ3) is 9.94. The van der Waals surface area contributed by atoms with E-state index in [2.05, 4.69) is 12.2 Å². The highest BCUT2D eigenvalue weighted by Crippen LogP contribution is 2.20. The molecule has 40 heavy (non-hydrogen) atoms. The Labute approximate surface area is 234 Å². The van der Waals surface area contributed by atoms with Crippen molar-refractivity contribution in [1.82, 2.24) is 5.32 Å². The normalized spacial score (nSPS) is 10.7. The fourth-order valence-electron chi connectivity index (χ4n) is 4.54. The van der Waals surface area contributed by atoms with Crippen LogP contribution in [0.3, 0.4) is 0 Å². The second-order valence-corrected chi connectivity index (χ2v) is 9.91. The van der Waals surface area contributed by atoms with Gasteiger partial charge in [-0.3, -0.25) is 9.59 Å². The van der Waals surface area contributed by atoms with Gasteiger partial charge in [-0.05, 0) is 30.7 Å². The minimum Gasteiger partial charge on any atom is -0.478 e. The Morgan fingerprint density at radius 3 is 1.40 bits per heavy atom. The number of carboxylic acids is 3. The molecule has 0 fully saturated rings. The van der Waals surface area contributed by atoms with Gasteiger partial charge in [0.2, 0.25) is 0 Å². The first-order chi connectivity index (χ1) is 19.2. The molecule has 0 aromatic heterocycles. The number of ketones is 1. The SMILES string of the molecule is CCCCCCCCCCCCCCNC(=O)c1cc(C(=O)c2ccc(C(=O)O)c(C(=O)O)c2)ccc1C(=O)O. The summed E-state index contributed by atoms with van der Waals surface area (Å²) in [5, 5.41) is 30.8. The van der Waals surface area contributed by atoms with Crippen LogP contribution in [0.1, 0.15) is 141 Å². The molecule has 0 unspecified atom stereocenters. The standard InChI is InChI=1S/C31H39NO8/c1-2-3-4-5-6-7-8-9-10-11-12-13-18-32-28(34)25-19-21(14-16-23(25)29(35)36)27(33)22-15-17-24(30(37)38)26(20-22)31(39)40/h14-17,19-20H,2-13,18H2,1H3,(H,32,34)(H,35,36)(H,37,38)(H,39,40). The lowest BCUT2D eigenvalue weighted by Crippen LogP contribution is -2.26. The lowest BCUT2D eigenvalue weighted by Gasteiger charge is -2.11. The molecule has 1 amide bonds. The Morgan fingerprint density at radius 1 is 0.550 bits per heavy atom. The number of rotatable bonds is 19. The smallest absolute Gasteiger partial charge is 0.336 e. The summed E-state index contributed by atoms with van der Waals surface area (Å²) < 4.78 is 0. The van der Waals surface area contributed by atoms with Crippen molar-refractivity contribution in [2.75, 3.05) is 6.54 Å². The second kappa shape index (κ2) is 16.8. The van der Waals surface area contributed by atoms with Gasteiger partial charge in [0.1, 0.15) is 0 Å². The lowest BCUT2D eigenvalue weighted by molar-refractivity contribution is 0.0651. The van der Waals surface area contributed by atoms with Crippen molar-refractivity contribution in [3.8, 4) is 0 Å². The fourth-order valence-corrected chi connectivity index (χ4v) is 4.54. The summed E-state index contributed by atoms with van der Waals surface area (Å²) in [6.07, 6.45) is 14.2. The van der Waals surface area contributed by atoms with E-state index in [1.807, 2.05) is 0 Å². The minimum absolute atomic E-state index is 0.0278. The van der Waals surface area contributed by atoms with Crippen LogP contribution in [-0.2, 0) is 0 Å². The van der Waals surface area contributed by atoms with E-state index in [1.165, 1.54) is 63.5 Å². The number of hydrogen-bond donors (Lipinski definition) is 4. The Bertz CT molecular complexity index is 1200. The van der Waals surface area contributed by atoms with E-state index in [4.69, 9.17) is 0 Å². The second-order valence-electron chi connectivity index (χ2n) is 9.91. The van der Waals surface area contributed by atoms with E-state index >= 15 is 0 Å². The zero-order chi connectivity index (χ0) is 29.5. The molecule has 2 aromatic rings. The van der Waals surface area contributed by atoms with Crippen LogP contribution >= 0.6 is 0 Å². The van der Waals surface area contributed by atoms with Gasteiger partial charge in [0, 0.05) is 17.7 Å². The van der Waals surface area contributed by atoms with E-state index in [1.54, 1.807) is 0 Å². The largest absolute Gasteiger partial charge is 0.478 e. The number of aromatic carboxylic acids is 3. The number of hydrogen-bond acceptors (Lipinski definition) is 5. The molecule has 0 atom stereocenters. The van der Waals surface area contributed by atoms with Gasteiger partial charge in [-0.2, -0.15) is 0 Å². The van der Waals surface area contributed by atoms with Crippen LogP contribution in [0.15, 0.2) is 36.4 Å². The van der Waals surface area contributed by atoms with Crippen molar-refractivity contribution in [3.05, 3.63) is 69.8 Å². The molecule has 0 aliphatic heterocycles. The van der Waals surface area contributed by atoms with Crippen LogP contribution in [0.5, 0.6) is 0 Å². The summed E-state index contributed by atoms with van der Waals surface area (Å²) >= 11 is 0. The fraction of sp³-hybridized carbons (Fsp3) is 0.452. The van der Waals surface area contributed by atoms with Crippen molar-refractivity contribution in [1.29, 1.82) is 0 Å². The average molecular weight is 554 g/mol. The van der Waals surface area contributed by atoms with Gasteiger partial charge < -0.3 is 20.6 Å². The van der Waals surface area contributed by atoms with Gasteiger partial charge in [0.15, 0.2) is 5.78 Å². The first kappa shape index (κ1) is 32.2. The topological polar surface area (TPSA) is 158 Å². The molecule has 0 heterocycles. The predicted molar refractivity (Wildman–Crippen MR) is 151 cm³/mol. The van der Waals surface area contributed by atoms with Crippen molar-refractivity contribution < 1.29 is 39.3 Å². The highest BCUT2D eigenvalue weighted by Gasteiger charge is 2.22. The predicted octanol–water partition coefficient (Wildman–Crippen LogP) is 6.44. The van der Waals surface area contributed by atoms with Gasteiger partial charge in [-0.15, -0.1) is 0 Å². The molecule has 0 aliphatic rings. The highest BCUT2D eigenvalue weighted by atomic mass is 16.4. The van der Waals surface area contributed by atoms with E-state index in [-0.39, 0.29) is 22.3 Å². The molecule has 0 saturated carbocycles. The lowest BCUT2D eigenvalue weighted by atomic mass is 9.95. The molecule has 0 saturated heterocycles. The molecular weight excluding hydrogens is 514 g/mol. The summed E-state index contributed by atoms with van der Waals surface area (Å²) in [7, 11) is 0. The van der Waals surface area contributed by atoms with E-state index in [0.717, 1.165) is 49.9 Å². The van der Waals surface area contributed by atoms with Crippen LogP contribution in [0.25, 0.3) is 0 Å². The molecule has 9 heteroatoms. The molecule has 0 bridgehead atoms. The highest BCUT2D eigenvalue weighted by molar-refractivity contribution is 6.13. The first-order valence-electron chi connectivity index (χ1n) is 14.0. The van der Waals surface area contributed by atoms with Gasteiger partial charge in [0.25, 0.3) is 5.91 Å². The molecule has 2 aromatic carbocycles. The molecule has 9 nitrogen and oxygen atoms in total. The maximum atomic E-state index is 13.0. The number of carbonyl (C=O) groups excluding carboxylic acids is 2. The molecule has 4 N–H and O–H groups in total. The van der Waals surface area contributed by atoms with Gasteiger partial charge in [-0.25, -0.2) is 14.4 Å². The van der Waals surface area contributed by atoms with E-state index in [9.17, 15) is 39.3 Å². The summed E-state index contributed by atoms with van der Waals surface area (Å²) in [6, 6.07) is 6.70. The minimum atomic E-state index is -1.51. The first-order valence-corrected chi connectivity index (χ1v) is 14.0. The summed E-state index contributed by atoms with van der Waals surface area (Å²) in [5.74, 6) is -5.58. The van der Waals surface area contributed by atoms with Gasteiger partial charge in [0.05, 0.1) is 22.3 Å². The van der Waals surface area contributed by atoms with Gasteiger partial charge in [-0.1, -0.05) is 89.7 Å². The Balaban J connectivity index is 1.93. The van der Waals surface area contributed by atoms with Crippen molar-refractivity contribution >= 4 is 29.6 Å². The van der Waals surface area contributed by atoms with Crippen molar-refractivity contribution in [3.63, 3.8) is 0 Å². The molecule has 0 aliphatic carbocycles. The van der Waals surface area contributed by atoms with E-state index < -0.39 is 40.7 Å². The maximum absolute atomic E-state index is 13.0. The Morgan fingerprint density at radius 2 is 0.950 bits per heavy atom. The van der Waals surface area contributed by atoms with Crippen LogP contribution in [-0.4, -0.2) is 51.5 Å². The Kier molecular flexibility index (Phi) is 13.6. The number of amides is 1. The molecule has 0 spiro atoms. The third-order valence-electron chi connectivity index (χ3n) is 6.82. The van der Waals surface area contributed by atoms with Gasteiger partial charge >= 0.3 is 17.9 Å². The third-order valence-corrected chi connectivity index (χ3v) is 6.82. The molecule has 2 rings (SSSR count). The van der Waals surface area contributed by atoms with Crippen LogP contribution in [0.2, 0.25) is 0 Å². The summed E-state index contributed by atoms with van der Waals surface area (Å²) in [5.41, 5.74) is -1.61. The number of carbonyl (C=O) groups is 5. The average Bonchev–Trinajstić information content (AvgIpc) is 2.94. The molecular formula is C31H39NO8. The monoisotopic (exact) mass is 553 g/mol. The van der Waals surface area contributed by atoms with E-state index in [0.29, 0.717) is 6.54 Å². The van der Waals surface area contributed by atoms with Crippen molar-refractivity contribution in [2.24, 2.45) is 0 Å².